The fourth-order valence-electron chi connectivity index (χ4n) is 1.78. The van der Waals surface area contributed by atoms with E-state index in [9.17, 15) is 13.5 Å². The molecule has 0 spiro atoms. The zero-order valence-electron chi connectivity index (χ0n) is 9.91. The summed E-state index contributed by atoms with van der Waals surface area (Å²) in [7, 11) is -2.26. The molecule has 1 rings (SSSR count). The van der Waals surface area contributed by atoms with Gasteiger partial charge in [0.2, 0.25) is 10.3 Å². The molecule has 17 heavy (non-hydrogen) atoms. The molecule has 0 amide bonds. The molecule has 1 aromatic carbocycles. The Labute approximate surface area is 104 Å². The van der Waals surface area contributed by atoms with Gasteiger partial charge >= 0.3 is 0 Å². The number of aliphatic hydroxyl groups excluding tert-OH is 1. The molecule has 94 valence electrons. The lowest BCUT2D eigenvalue weighted by Gasteiger charge is -2.18. The van der Waals surface area contributed by atoms with Crippen molar-refractivity contribution in [2.45, 2.75) is 38.2 Å². The van der Waals surface area contributed by atoms with Gasteiger partial charge in [0.1, 0.15) is 0 Å². The van der Waals surface area contributed by atoms with Crippen LogP contribution in [0.4, 0.5) is 0 Å². The Hall–Kier alpha value is -1.13. The van der Waals surface area contributed by atoms with Gasteiger partial charge in [-0.3, -0.25) is 0 Å². The summed E-state index contributed by atoms with van der Waals surface area (Å²) < 4.78 is 21.6. The first kappa shape index (κ1) is 13.9. The van der Waals surface area contributed by atoms with E-state index in [0.717, 1.165) is 18.4 Å². The van der Waals surface area contributed by atoms with Crippen molar-refractivity contribution < 1.29 is 13.5 Å². The second kappa shape index (κ2) is 7.25. The van der Waals surface area contributed by atoms with Crippen molar-refractivity contribution in [3.05, 3.63) is 35.9 Å². The molecule has 1 aromatic rings. The maximum absolute atomic E-state index is 10.8. The lowest BCUT2D eigenvalue weighted by molar-refractivity contribution is 0.154. The number of benzene rings is 1. The third-order valence-electron chi connectivity index (χ3n) is 2.71. The highest BCUT2D eigenvalue weighted by atomic mass is 32.2. The minimum Gasteiger partial charge on any atom is -0.392 e. The maximum Gasteiger partial charge on any atom is 0.210 e. The number of unbranched alkanes of at least 4 members (excludes halogenated alkanes) is 1. The third kappa shape index (κ3) is 4.71. The lowest BCUT2D eigenvalue weighted by Crippen LogP contribution is -2.20. The molecule has 0 aromatic heterocycles. The first-order valence-electron chi connectivity index (χ1n) is 5.81. The molecule has 0 radical (unpaired) electrons. The Morgan fingerprint density at radius 3 is 2.47 bits per heavy atom. The molecule has 4 heteroatoms. The maximum atomic E-state index is 10.8. The van der Waals surface area contributed by atoms with E-state index in [1.54, 1.807) is 0 Å². The summed E-state index contributed by atoms with van der Waals surface area (Å²) in [4.78, 5) is 0. The largest absolute Gasteiger partial charge is 0.392 e. The van der Waals surface area contributed by atoms with Crippen molar-refractivity contribution in [1.29, 1.82) is 0 Å². The molecular weight excluding hydrogens is 236 g/mol. The van der Waals surface area contributed by atoms with Gasteiger partial charge in [0.05, 0.1) is 6.10 Å². The van der Waals surface area contributed by atoms with E-state index in [-0.39, 0.29) is 0 Å². The third-order valence-corrected chi connectivity index (χ3v) is 3.23. The summed E-state index contributed by atoms with van der Waals surface area (Å²) in [6, 6.07) is 9.23. The molecule has 2 atom stereocenters. The molecule has 0 fully saturated rings. The lowest BCUT2D eigenvalue weighted by atomic mass is 9.92. The Balaban J connectivity index is 2.92. The number of hydrogen-bond donors (Lipinski definition) is 1. The Morgan fingerprint density at radius 1 is 1.29 bits per heavy atom. The van der Waals surface area contributed by atoms with Crippen molar-refractivity contribution in [2.75, 3.05) is 0 Å². The average molecular weight is 254 g/mol. The SMILES string of the molecule is CCCCC(O)C(C=S(=O)=O)c1ccccc1. The monoisotopic (exact) mass is 254 g/mol. The normalized spacial score (nSPS) is 14.0. The molecule has 0 saturated heterocycles. The van der Waals surface area contributed by atoms with Crippen LogP contribution >= 0.6 is 0 Å². The molecule has 0 bridgehead atoms. The standard InChI is InChI=1S/C13H18O3S/c1-2-3-9-13(14)12(10-17(15)16)11-7-5-4-6-8-11/h4-8,10,12-14H,2-3,9H2,1H3. The van der Waals surface area contributed by atoms with E-state index in [1.165, 1.54) is 5.37 Å². The molecule has 0 aliphatic heterocycles. The number of aliphatic hydroxyl groups is 1. The van der Waals surface area contributed by atoms with E-state index >= 15 is 0 Å². The van der Waals surface area contributed by atoms with E-state index in [4.69, 9.17) is 0 Å². The van der Waals surface area contributed by atoms with Gasteiger partial charge in [0.15, 0.2) is 0 Å². The molecule has 3 nitrogen and oxygen atoms in total. The van der Waals surface area contributed by atoms with Crippen LogP contribution in [-0.2, 0) is 10.3 Å². The minimum atomic E-state index is -2.26. The quantitative estimate of drug-likeness (QED) is 0.790. The van der Waals surface area contributed by atoms with Crippen molar-refractivity contribution in [3.63, 3.8) is 0 Å². The van der Waals surface area contributed by atoms with Gasteiger partial charge in [-0.2, -0.15) is 8.42 Å². The van der Waals surface area contributed by atoms with Crippen LogP contribution in [-0.4, -0.2) is 25.0 Å². The minimum absolute atomic E-state index is 0.443. The van der Waals surface area contributed by atoms with Gasteiger partial charge in [-0.15, -0.1) is 0 Å². The van der Waals surface area contributed by atoms with Crippen molar-refractivity contribution in [2.24, 2.45) is 0 Å². The molecule has 1 N–H and O–H groups in total. The van der Waals surface area contributed by atoms with Crippen LogP contribution in [0.3, 0.4) is 0 Å². The summed E-state index contributed by atoms with van der Waals surface area (Å²) in [5, 5.41) is 11.2. The Kier molecular flexibility index (Phi) is 5.94. The van der Waals surface area contributed by atoms with E-state index in [2.05, 4.69) is 0 Å². The van der Waals surface area contributed by atoms with Crippen LogP contribution in [0.2, 0.25) is 0 Å². The number of hydrogen-bond acceptors (Lipinski definition) is 3. The first-order valence-corrected chi connectivity index (χ1v) is 6.95. The number of rotatable bonds is 6. The van der Waals surface area contributed by atoms with Gasteiger partial charge in [-0.1, -0.05) is 50.1 Å². The smallest absolute Gasteiger partial charge is 0.210 e. The summed E-state index contributed by atoms with van der Waals surface area (Å²) in [5.41, 5.74) is 0.834. The topological polar surface area (TPSA) is 54.4 Å². The highest BCUT2D eigenvalue weighted by Gasteiger charge is 2.19. The van der Waals surface area contributed by atoms with Crippen molar-refractivity contribution in [1.82, 2.24) is 0 Å². The first-order chi connectivity index (χ1) is 8.15. The predicted molar refractivity (Wildman–Crippen MR) is 69.7 cm³/mol. The van der Waals surface area contributed by atoms with E-state index in [0.29, 0.717) is 6.42 Å². The Bertz CT molecular complexity index is 443. The molecule has 2 unspecified atom stereocenters. The fourth-order valence-corrected chi connectivity index (χ4v) is 2.36. The van der Waals surface area contributed by atoms with Crippen LogP contribution in [0.25, 0.3) is 0 Å². The summed E-state index contributed by atoms with van der Waals surface area (Å²) in [5.74, 6) is -0.443. The summed E-state index contributed by atoms with van der Waals surface area (Å²) in [6.45, 7) is 2.04. The summed E-state index contributed by atoms with van der Waals surface area (Å²) >= 11 is 0. The fraction of sp³-hybridized carbons (Fsp3) is 0.462. The summed E-state index contributed by atoms with van der Waals surface area (Å²) in [6.07, 6.45) is 1.85. The average Bonchev–Trinajstić information content (AvgIpc) is 2.34. The van der Waals surface area contributed by atoms with Gasteiger partial charge in [0, 0.05) is 11.3 Å². The highest BCUT2D eigenvalue weighted by molar-refractivity contribution is 7.71. The molecule has 0 saturated carbocycles. The molecule has 0 heterocycles. The zero-order chi connectivity index (χ0) is 12.7. The van der Waals surface area contributed by atoms with Crippen molar-refractivity contribution >= 4 is 15.7 Å². The zero-order valence-corrected chi connectivity index (χ0v) is 10.7. The highest BCUT2D eigenvalue weighted by Crippen LogP contribution is 2.21. The van der Waals surface area contributed by atoms with Crippen molar-refractivity contribution in [3.8, 4) is 0 Å². The van der Waals surface area contributed by atoms with Crippen LogP contribution in [0.5, 0.6) is 0 Å². The van der Waals surface area contributed by atoms with Crippen LogP contribution < -0.4 is 0 Å². The van der Waals surface area contributed by atoms with Gasteiger partial charge in [-0.05, 0) is 12.0 Å². The molecule has 0 aliphatic rings. The molecular formula is C13H18O3S. The van der Waals surface area contributed by atoms with Crippen LogP contribution in [0.1, 0.15) is 37.7 Å². The second-order valence-corrected chi connectivity index (χ2v) is 4.84. The van der Waals surface area contributed by atoms with Gasteiger partial charge in [0.25, 0.3) is 0 Å². The predicted octanol–water partition coefficient (Wildman–Crippen LogP) is 2.00. The van der Waals surface area contributed by atoms with Crippen LogP contribution in [0, 0.1) is 0 Å². The molecule has 0 aliphatic carbocycles. The van der Waals surface area contributed by atoms with E-state index < -0.39 is 22.3 Å². The Morgan fingerprint density at radius 2 is 1.94 bits per heavy atom. The van der Waals surface area contributed by atoms with E-state index in [1.807, 2.05) is 37.3 Å². The van der Waals surface area contributed by atoms with Gasteiger partial charge in [-0.25, -0.2) is 0 Å². The van der Waals surface area contributed by atoms with Gasteiger partial charge < -0.3 is 5.11 Å². The van der Waals surface area contributed by atoms with Crippen LogP contribution in [0.15, 0.2) is 30.3 Å². The second-order valence-electron chi connectivity index (χ2n) is 4.04.